The molecule has 1 aromatic rings. The number of hydrogen-bond donors (Lipinski definition) is 1. The van der Waals surface area contributed by atoms with Gasteiger partial charge in [0.1, 0.15) is 5.82 Å². The summed E-state index contributed by atoms with van der Waals surface area (Å²) in [5.41, 5.74) is 0.428. The molecule has 1 nitrogen and oxygen atoms in total. The highest BCUT2D eigenvalue weighted by Crippen LogP contribution is 2.29. The van der Waals surface area contributed by atoms with E-state index in [1.807, 2.05) is 19.2 Å². The normalized spacial score (nSPS) is 12.9. The number of hydrogen-bond acceptors (Lipinski definition) is 2. The van der Waals surface area contributed by atoms with Crippen LogP contribution >= 0.6 is 11.8 Å². The van der Waals surface area contributed by atoms with Crippen molar-refractivity contribution in [2.24, 2.45) is 0 Å². The zero-order chi connectivity index (χ0) is 9.84. The van der Waals surface area contributed by atoms with Crippen molar-refractivity contribution in [1.29, 1.82) is 0 Å². The number of thioether (sulfide) groups is 1. The van der Waals surface area contributed by atoms with Crippen molar-refractivity contribution in [3.05, 3.63) is 29.6 Å². The van der Waals surface area contributed by atoms with Crippen LogP contribution in [-0.4, -0.2) is 11.4 Å². The van der Waals surface area contributed by atoms with E-state index in [0.717, 1.165) is 4.90 Å². The molecule has 0 amide bonds. The van der Waals surface area contributed by atoms with Crippen LogP contribution < -0.4 is 0 Å². The lowest BCUT2D eigenvalue weighted by atomic mass is 10.1. The van der Waals surface area contributed by atoms with Crippen LogP contribution in [0, 0.1) is 5.82 Å². The number of halogens is 1. The minimum Gasteiger partial charge on any atom is -0.388 e. The highest BCUT2D eigenvalue weighted by molar-refractivity contribution is 7.98. The van der Waals surface area contributed by atoms with Gasteiger partial charge >= 0.3 is 0 Å². The molecule has 0 spiro atoms. The van der Waals surface area contributed by atoms with Crippen molar-refractivity contribution in [2.45, 2.75) is 24.3 Å². The van der Waals surface area contributed by atoms with E-state index in [2.05, 4.69) is 0 Å². The Morgan fingerprint density at radius 2 is 2.23 bits per heavy atom. The first-order valence-electron chi connectivity index (χ1n) is 4.21. The number of aliphatic hydroxyl groups is 1. The first kappa shape index (κ1) is 10.5. The third-order valence-electron chi connectivity index (χ3n) is 1.95. The molecule has 1 N–H and O–H groups in total. The molecular formula is C10H13FOS. The molecule has 0 aliphatic carbocycles. The summed E-state index contributed by atoms with van der Waals surface area (Å²) in [6, 6.07) is 4.86. The summed E-state index contributed by atoms with van der Waals surface area (Å²) in [6.45, 7) is 1.83. The fraction of sp³-hybridized carbons (Fsp3) is 0.400. The van der Waals surface area contributed by atoms with Gasteiger partial charge in [-0.05, 0) is 24.8 Å². The van der Waals surface area contributed by atoms with Crippen LogP contribution in [0.1, 0.15) is 25.0 Å². The Labute approximate surface area is 82.0 Å². The van der Waals surface area contributed by atoms with Crippen molar-refractivity contribution in [3.8, 4) is 0 Å². The van der Waals surface area contributed by atoms with Gasteiger partial charge in [-0.3, -0.25) is 0 Å². The van der Waals surface area contributed by atoms with Gasteiger partial charge in [-0.1, -0.05) is 13.0 Å². The van der Waals surface area contributed by atoms with Crippen LogP contribution in [0.25, 0.3) is 0 Å². The van der Waals surface area contributed by atoms with E-state index in [9.17, 15) is 9.50 Å². The summed E-state index contributed by atoms with van der Waals surface area (Å²) in [4.78, 5) is 0.814. The third-order valence-corrected chi connectivity index (χ3v) is 2.75. The first-order valence-corrected chi connectivity index (χ1v) is 5.43. The lowest BCUT2D eigenvalue weighted by Gasteiger charge is -2.13. The Kier molecular flexibility index (Phi) is 3.75. The summed E-state index contributed by atoms with van der Waals surface area (Å²) in [5.74, 6) is -0.318. The molecule has 13 heavy (non-hydrogen) atoms. The standard InChI is InChI=1S/C10H13FOS/c1-3-8(12)10-7(11)5-4-6-9(10)13-2/h4-6,8,12H,3H2,1-2H3/t8-/m0/s1. The minimum atomic E-state index is -0.691. The van der Waals surface area contributed by atoms with Gasteiger partial charge in [-0.2, -0.15) is 0 Å². The van der Waals surface area contributed by atoms with Gasteiger partial charge in [0.2, 0.25) is 0 Å². The van der Waals surface area contributed by atoms with Crippen LogP contribution in [0.2, 0.25) is 0 Å². The largest absolute Gasteiger partial charge is 0.388 e. The molecule has 0 aliphatic rings. The Morgan fingerprint density at radius 3 is 2.77 bits per heavy atom. The second kappa shape index (κ2) is 4.63. The van der Waals surface area contributed by atoms with E-state index in [4.69, 9.17) is 0 Å². The predicted molar refractivity (Wildman–Crippen MR) is 53.4 cm³/mol. The van der Waals surface area contributed by atoms with Crippen LogP contribution in [0.5, 0.6) is 0 Å². The molecule has 0 radical (unpaired) electrons. The van der Waals surface area contributed by atoms with E-state index in [1.54, 1.807) is 6.07 Å². The maximum Gasteiger partial charge on any atom is 0.130 e. The average molecular weight is 200 g/mol. The predicted octanol–water partition coefficient (Wildman–Crippen LogP) is 2.99. The van der Waals surface area contributed by atoms with Crippen LogP contribution in [0.4, 0.5) is 4.39 Å². The topological polar surface area (TPSA) is 20.2 Å². The highest BCUT2D eigenvalue weighted by Gasteiger charge is 2.14. The molecule has 0 bridgehead atoms. The smallest absolute Gasteiger partial charge is 0.130 e. The second-order valence-electron chi connectivity index (χ2n) is 2.78. The minimum absolute atomic E-state index is 0.318. The summed E-state index contributed by atoms with van der Waals surface area (Å²) in [6.07, 6.45) is 1.72. The van der Waals surface area contributed by atoms with Crippen LogP contribution in [0.3, 0.4) is 0 Å². The number of benzene rings is 1. The molecule has 72 valence electrons. The maximum atomic E-state index is 13.3. The Bertz CT molecular complexity index is 288. The van der Waals surface area contributed by atoms with E-state index < -0.39 is 6.10 Å². The average Bonchev–Trinajstić information content (AvgIpc) is 2.16. The van der Waals surface area contributed by atoms with E-state index >= 15 is 0 Å². The molecule has 1 rings (SSSR count). The van der Waals surface area contributed by atoms with Crippen LogP contribution in [-0.2, 0) is 0 Å². The van der Waals surface area contributed by atoms with Gasteiger partial charge in [-0.15, -0.1) is 11.8 Å². The monoisotopic (exact) mass is 200 g/mol. The van der Waals surface area contributed by atoms with E-state index in [1.165, 1.54) is 17.8 Å². The molecule has 1 atom stereocenters. The molecule has 0 fully saturated rings. The Balaban J connectivity index is 3.14. The van der Waals surface area contributed by atoms with Crippen molar-refractivity contribution < 1.29 is 9.50 Å². The zero-order valence-corrected chi connectivity index (χ0v) is 8.57. The quantitative estimate of drug-likeness (QED) is 0.757. The summed E-state index contributed by atoms with van der Waals surface area (Å²) in [7, 11) is 0. The lowest BCUT2D eigenvalue weighted by Crippen LogP contribution is -2.01. The molecule has 0 unspecified atom stereocenters. The molecular weight excluding hydrogens is 187 g/mol. The van der Waals surface area contributed by atoms with Crippen molar-refractivity contribution in [2.75, 3.05) is 6.26 Å². The van der Waals surface area contributed by atoms with Gasteiger partial charge in [0, 0.05) is 10.5 Å². The SMILES string of the molecule is CC[C@H](O)c1c(F)cccc1SC. The summed E-state index contributed by atoms with van der Waals surface area (Å²) >= 11 is 1.45. The van der Waals surface area contributed by atoms with Gasteiger partial charge < -0.3 is 5.11 Å². The fourth-order valence-corrected chi connectivity index (χ4v) is 1.89. The van der Waals surface area contributed by atoms with Crippen molar-refractivity contribution >= 4 is 11.8 Å². The lowest BCUT2D eigenvalue weighted by molar-refractivity contribution is 0.166. The molecule has 0 aliphatic heterocycles. The maximum absolute atomic E-state index is 13.3. The first-order chi connectivity index (χ1) is 6.20. The van der Waals surface area contributed by atoms with E-state index in [0.29, 0.717) is 12.0 Å². The summed E-state index contributed by atoms with van der Waals surface area (Å²) < 4.78 is 13.3. The fourth-order valence-electron chi connectivity index (χ4n) is 1.22. The molecule has 0 heterocycles. The number of rotatable bonds is 3. The van der Waals surface area contributed by atoms with Crippen molar-refractivity contribution in [1.82, 2.24) is 0 Å². The van der Waals surface area contributed by atoms with Crippen LogP contribution in [0.15, 0.2) is 23.1 Å². The second-order valence-corrected chi connectivity index (χ2v) is 3.63. The van der Waals surface area contributed by atoms with Gasteiger partial charge in [0.25, 0.3) is 0 Å². The third kappa shape index (κ3) is 2.23. The molecule has 0 saturated carbocycles. The molecule has 0 aromatic heterocycles. The highest BCUT2D eigenvalue weighted by atomic mass is 32.2. The molecule has 3 heteroatoms. The summed E-state index contributed by atoms with van der Waals surface area (Å²) in [5, 5.41) is 9.57. The van der Waals surface area contributed by atoms with Gasteiger partial charge in [-0.25, -0.2) is 4.39 Å². The van der Waals surface area contributed by atoms with Crippen molar-refractivity contribution in [3.63, 3.8) is 0 Å². The van der Waals surface area contributed by atoms with Gasteiger partial charge in [0.15, 0.2) is 0 Å². The molecule has 0 saturated heterocycles. The van der Waals surface area contributed by atoms with E-state index in [-0.39, 0.29) is 5.82 Å². The molecule has 1 aromatic carbocycles. The zero-order valence-electron chi connectivity index (χ0n) is 7.75. The Morgan fingerprint density at radius 1 is 1.54 bits per heavy atom. The van der Waals surface area contributed by atoms with Gasteiger partial charge in [0.05, 0.1) is 6.10 Å². The Hall–Kier alpha value is -0.540. The number of aliphatic hydroxyl groups excluding tert-OH is 1.